The minimum absolute atomic E-state index is 0.0466. The van der Waals surface area contributed by atoms with Crippen molar-refractivity contribution >= 4 is 45.2 Å². The Labute approximate surface area is 280 Å². The Morgan fingerprint density at radius 1 is 1.00 bits per heavy atom. The second-order valence-electron chi connectivity index (χ2n) is 11.2. The molecular weight excluding hydrogens is 664 g/mol. The van der Waals surface area contributed by atoms with E-state index in [0.717, 1.165) is 28.5 Å². The van der Waals surface area contributed by atoms with Crippen molar-refractivity contribution in [3.63, 3.8) is 0 Å². The normalized spacial score (nSPS) is 11.7. The first-order valence-corrected chi connectivity index (χ1v) is 15.8. The van der Waals surface area contributed by atoms with Crippen LogP contribution in [0.4, 0.5) is 10.8 Å². The van der Waals surface area contributed by atoms with Crippen LogP contribution in [0.3, 0.4) is 0 Å². The molecule has 47 heavy (non-hydrogen) atoms. The summed E-state index contributed by atoms with van der Waals surface area (Å²) in [5, 5.41) is 11.7. The van der Waals surface area contributed by atoms with E-state index < -0.39 is 17.8 Å². The van der Waals surface area contributed by atoms with Crippen LogP contribution in [0.1, 0.15) is 33.4 Å². The van der Waals surface area contributed by atoms with E-state index in [0.29, 0.717) is 39.8 Å². The average Bonchev–Trinajstić information content (AvgIpc) is 3.07. The zero-order valence-electron chi connectivity index (χ0n) is 26.3. The van der Waals surface area contributed by atoms with Gasteiger partial charge in [0, 0.05) is 30.5 Å². The number of fused-ring (bicyclic) bond motifs is 1. The van der Waals surface area contributed by atoms with E-state index in [1.165, 1.54) is 9.91 Å². The first-order valence-electron chi connectivity index (χ1n) is 15.0. The van der Waals surface area contributed by atoms with E-state index in [2.05, 4.69) is 21.4 Å². The number of benzene rings is 4. The number of aryl methyl sites for hydroxylation is 2. The van der Waals surface area contributed by atoms with Gasteiger partial charge in [-0.2, -0.15) is 4.98 Å². The van der Waals surface area contributed by atoms with Crippen molar-refractivity contribution in [1.82, 2.24) is 15.3 Å². The number of hydrazine groups is 1. The number of carbonyl (C=O) groups excluding carboxylic acids is 1. The zero-order valence-corrected chi connectivity index (χ0v) is 27.9. The summed E-state index contributed by atoms with van der Waals surface area (Å²) in [7, 11) is 1.59. The Balaban J connectivity index is 1.52. The third kappa shape index (κ3) is 7.87. The van der Waals surface area contributed by atoms with Gasteiger partial charge in [-0.3, -0.25) is 9.91 Å². The maximum Gasteiger partial charge on any atom is 0.407 e. The summed E-state index contributed by atoms with van der Waals surface area (Å²) in [6, 6.07) is 25.4. The number of anilines is 1. The van der Waals surface area contributed by atoms with Gasteiger partial charge in [-0.15, -0.1) is 0 Å². The standard InChI is InChI=1S/C36H35BrN4O6/c1-23-9-7-8-12-27(23)19-38-41(29(22-42)17-25-13-15-30(46-3)16-14-25)35-39-33-31(37)18-28(24(2)32(33)34(43)47-35)21-40(36(44)45)20-26-10-5-4-6-11-26/h4-16,18,22,29,38H,17,19-21H2,1-3H3,(H,44,45)/t29-/m0/s1. The summed E-state index contributed by atoms with van der Waals surface area (Å²) in [6.07, 6.45) is -0.00184. The third-order valence-corrected chi connectivity index (χ3v) is 8.67. The number of nitrogens with one attached hydrogen (secondary N) is 1. The van der Waals surface area contributed by atoms with Crippen LogP contribution in [0.25, 0.3) is 10.9 Å². The van der Waals surface area contributed by atoms with Gasteiger partial charge >= 0.3 is 17.7 Å². The fraction of sp³-hybridized carbons (Fsp3) is 0.222. The molecule has 0 bridgehead atoms. The number of amides is 1. The number of carbonyl (C=O) groups is 2. The van der Waals surface area contributed by atoms with Crippen LogP contribution >= 0.6 is 15.9 Å². The SMILES string of the molecule is COc1ccc(C[C@@H](C=O)N(NCc2ccccc2C)c2nc3c(Br)cc(CN(Cc4ccccc4)C(=O)O)c(C)c3c(=O)o2)cc1. The molecule has 242 valence electrons. The van der Waals surface area contributed by atoms with Crippen molar-refractivity contribution in [3.05, 3.63) is 133 Å². The average molecular weight is 700 g/mol. The molecule has 0 spiro atoms. The Bertz CT molecular complexity index is 1930. The van der Waals surface area contributed by atoms with E-state index in [-0.39, 0.29) is 24.5 Å². The summed E-state index contributed by atoms with van der Waals surface area (Å²) in [4.78, 5) is 44.5. The largest absolute Gasteiger partial charge is 0.497 e. The van der Waals surface area contributed by atoms with Crippen molar-refractivity contribution in [1.29, 1.82) is 0 Å². The molecule has 1 amide bonds. The lowest BCUT2D eigenvalue weighted by Gasteiger charge is -2.29. The van der Waals surface area contributed by atoms with E-state index in [1.807, 2.05) is 85.8 Å². The Morgan fingerprint density at radius 3 is 2.36 bits per heavy atom. The van der Waals surface area contributed by atoms with Crippen molar-refractivity contribution in [3.8, 4) is 5.75 Å². The van der Waals surface area contributed by atoms with Crippen molar-refractivity contribution < 1.29 is 23.8 Å². The zero-order chi connectivity index (χ0) is 33.5. The molecule has 4 aromatic carbocycles. The van der Waals surface area contributed by atoms with Crippen LogP contribution in [0.2, 0.25) is 0 Å². The molecule has 1 atom stereocenters. The molecule has 1 heterocycles. The molecule has 0 aliphatic rings. The molecule has 0 saturated heterocycles. The van der Waals surface area contributed by atoms with Crippen molar-refractivity contribution in [2.45, 2.75) is 45.9 Å². The van der Waals surface area contributed by atoms with Crippen LogP contribution < -0.4 is 20.8 Å². The third-order valence-electron chi connectivity index (χ3n) is 8.06. The van der Waals surface area contributed by atoms with Crippen LogP contribution in [-0.2, 0) is 30.8 Å². The van der Waals surface area contributed by atoms with E-state index in [9.17, 15) is 19.5 Å². The molecule has 5 aromatic rings. The number of nitrogens with zero attached hydrogens (tertiary/aromatic N) is 3. The molecule has 0 unspecified atom stereocenters. The maximum atomic E-state index is 13.7. The highest BCUT2D eigenvalue weighted by Gasteiger charge is 2.26. The van der Waals surface area contributed by atoms with Gasteiger partial charge in [0.15, 0.2) is 0 Å². The Kier molecular flexibility index (Phi) is 10.7. The number of hydrogen-bond donors (Lipinski definition) is 2. The highest BCUT2D eigenvalue weighted by Crippen LogP contribution is 2.30. The predicted octanol–water partition coefficient (Wildman–Crippen LogP) is 6.58. The maximum absolute atomic E-state index is 13.7. The molecule has 0 saturated carbocycles. The monoisotopic (exact) mass is 698 g/mol. The summed E-state index contributed by atoms with van der Waals surface area (Å²) >= 11 is 3.57. The van der Waals surface area contributed by atoms with Crippen molar-refractivity contribution in [2.24, 2.45) is 0 Å². The van der Waals surface area contributed by atoms with Gasteiger partial charge in [0.05, 0.1) is 18.0 Å². The molecule has 0 aliphatic heterocycles. The molecule has 1 aromatic heterocycles. The first-order chi connectivity index (χ1) is 22.7. The van der Waals surface area contributed by atoms with Crippen LogP contribution in [0, 0.1) is 13.8 Å². The molecule has 0 radical (unpaired) electrons. The van der Waals surface area contributed by atoms with Gasteiger partial charge in [-0.05, 0) is 81.4 Å². The Hall–Kier alpha value is -5.00. The van der Waals surface area contributed by atoms with Gasteiger partial charge in [-0.25, -0.2) is 15.0 Å². The smallest absolute Gasteiger partial charge is 0.407 e. The van der Waals surface area contributed by atoms with Crippen LogP contribution in [0.15, 0.2) is 98.6 Å². The minimum atomic E-state index is -1.09. The van der Waals surface area contributed by atoms with Gasteiger partial charge in [0.1, 0.15) is 18.1 Å². The Morgan fingerprint density at radius 2 is 1.70 bits per heavy atom. The number of carboxylic acid groups (broad SMARTS) is 1. The summed E-state index contributed by atoms with van der Waals surface area (Å²) in [5.41, 5.74) is 7.90. The second-order valence-corrected chi connectivity index (χ2v) is 12.0. The van der Waals surface area contributed by atoms with Gasteiger partial charge in [0.25, 0.3) is 0 Å². The van der Waals surface area contributed by atoms with Crippen LogP contribution in [0.5, 0.6) is 5.75 Å². The van der Waals surface area contributed by atoms with Crippen molar-refractivity contribution in [2.75, 3.05) is 12.1 Å². The molecule has 11 heteroatoms. The summed E-state index contributed by atoms with van der Waals surface area (Å²) in [6.45, 7) is 4.31. The lowest BCUT2D eigenvalue weighted by atomic mass is 10.0. The number of aldehydes is 1. The predicted molar refractivity (Wildman–Crippen MR) is 183 cm³/mol. The van der Waals surface area contributed by atoms with Crippen LogP contribution in [-0.4, -0.2) is 40.5 Å². The van der Waals surface area contributed by atoms with Gasteiger partial charge < -0.3 is 19.1 Å². The van der Waals surface area contributed by atoms with Gasteiger partial charge in [0.2, 0.25) is 0 Å². The second kappa shape index (κ2) is 15.1. The quantitative estimate of drug-likeness (QED) is 0.104. The number of halogens is 1. The molecule has 2 N–H and O–H groups in total. The number of hydrogen-bond acceptors (Lipinski definition) is 8. The summed E-state index contributed by atoms with van der Waals surface area (Å²) in [5.74, 6) is 0.694. The lowest BCUT2D eigenvalue weighted by Crippen LogP contribution is -2.48. The highest BCUT2D eigenvalue weighted by molar-refractivity contribution is 9.10. The molecular formula is C36H35BrN4O6. The number of aromatic nitrogens is 1. The lowest BCUT2D eigenvalue weighted by molar-refractivity contribution is -0.109. The van der Waals surface area contributed by atoms with E-state index in [1.54, 1.807) is 20.1 Å². The molecule has 0 aliphatic carbocycles. The van der Waals surface area contributed by atoms with E-state index in [4.69, 9.17) is 14.1 Å². The highest BCUT2D eigenvalue weighted by atomic mass is 79.9. The molecule has 0 fully saturated rings. The summed E-state index contributed by atoms with van der Waals surface area (Å²) < 4.78 is 11.6. The molecule has 10 nitrogen and oxygen atoms in total. The number of methoxy groups -OCH3 is 1. The first kappa shape index (κ1) is 33.4. The minimum Gasteiger partial charge on any atom is -0.497 e. The van der Waals surface area contributed by atoms with E-state index >= 15 is 0 Å². The van der Waals surface area contributed by atoms with Gasteiger partial charge in [-0.1, -0.05) is 66.7 Å². The molecule has 5 rings (SSSR count). The number of ether oxygens (including phenoxy) is 1. The topological polar surface area (TPSA) is 125 Å². The number of rotatable bonds is 13. The fourth-order valence-electron chi connectivity index (χ4n) is 5.38. The fourth-order valence-corrected chi connectivity index (χ4v) is 5.94.